The molecule has 3 unspecified atom stereocenters. The van der Waals surface area contributed by atoms with Crippen molar-refractivity contribution in [3.63, 3.8) is 0 Å². The van der Waals surface area contributed by atoms with E-state index in [1.165, 1.54) is 38.5 Å². The number of alkyl halides is 1. The first-order chi connectivity index (χ1) is 10.5. The Labute approximate surface area is 135 Å². The molecule has 0 bridgehead atoms. The van der Waals surface area contributed by atoms with Crippen molar-refractivity contribution >= 4 is 0 Å². The van der Waals surface area contributed by atoms with Gasteiger partial charge in [-0.15, -0.1) is 0 Å². The molecule has 22 heavy (non-hydrogen) atoms. The van der Waals surface area contributed by atoms with Crippen molar-refractivity contribution in [3.05, 3.63) is 11.6 Å². The zero-order chi connectivity index (χ0) is 15.5. The van der Waals surface area contributed by atoms with Crippen molar-refractivity contribution in [1.29, 1.82) is 0 Å². The maximum Gasteiger partial charge on any atom is 0.103 e. The maximum absolute atomic E-state index is 15.0. The predicted molar refractivity (Wildman–Crippen MR) is 90.3 cm³/mol. The number of rotatable bonds is 0. The van der Waals surface area contributed by atoms with Crippen LogP contribution in [0.4, 0.5) is 4.39 Å². The quantitative estimate of drug-likeness (QED) is 0.469. The van der Waals surface area contributed by atoms with E-state index in [0.717, 1.165) is 30.6 Å². The van der Waals surface area contributed by atoms with E-state index in [0.29, 0.717) is 23.2 Å². The van der Waals surface area contributed by atoms with Crippen LogP contribution in [0.5, 0.6) is 0 Å². The van der Waals surface area contributed by atoms with Crippen molar-refractivity contribution in [1.82, 2.24) is 0 Å². The largest absolute Gasteiger partial charge is 0.247 e. The molecule has 0 N–H and O–H groups in total. The SMILES string of the molecule is C/C=C1/CCC2[C@@H]3C[C@@H](F)C4C[C@@H](C)CC[C@@H]4C3CC[C@]12C. The molecule has 4 aliphatic rings. The molecule has 4 fully saturated rings. The Hall–Kier alpha value is -0.330. The Kier molecular flexibility index (Phi) is 3.70. The molecule has 0 aliphatic heterocycles. The Morgan fingerprint density at radius 1 is 1.00 bits per heavy atom. The van der Waals surface area contributed by atoms with Gasteiger partial charge in [0.15, 0.2) is 0 Å². The lowest BCUT2D eigenvalue weighted by molar-refractivity contribution is -0.0833. The Bertz CT molecular complexity index is 467. The van der Waals surface area contributed by atoms with Crippen molar-refractivity contribution in [2.75, 3.05) is 0 Å². The van der Waals surface area contributed by atoms with Gasteiger partial charge in [0.1, 0.15) is 6.17 Å². The molecular formula is C21H33F. The number of fused-ring (bicyclic) bond motifs is 5. The van der Waals surface area contributed by atoms with E-state index < -0.39 is 6.17 Å². The average Bonchev–Trinajstić information content (AvgIpc) is 2.84. The monoisotopic (exact) mass is 304 g/mol. The van der Waals surface area contributed by atoms with Gasteiger partial charge in [-0.3, -0.25) is 0 Å². The van der Waals surface area contributed by atoms with Crippen LogP contribution < -0.4 is 0 Å². The summed E-state index contributed by atoms with van der Waals surface area (Å²) in [6.45, 7) is 7.05. The minimum absolute atomic E-state index is 0.400. The summed E-state index contributed by atoms with van der Waals surface area (Å²) < 4.78 is 15.0. The van der Waals surface area contributed by atoms with Crippen molar-refractivity contribution in [2.45, 2.75) is 78.3 Å². The standard InChI is InChI=1S/C21H33F/c1-4-14-6-8-19-17-12-20(22)18-11-13(2)5-7-15(18)16(17)9-10-21(14,19)3/h4,13,15-20H,5-12H2,1-3H3/b14-4-/t13-,15+,16?,17+,18?,19?,20+,21+/m0/s1. The van der Waals surface area contributed by atoms with Crippen LogP contribution in [-0.4, -0.2) is 6.17 Å². The summed E-state index contributed by atoms with van der Waals surface area (Å²) in [6.07, 6.45) is 11.9. The first-order valence-corrected chi connectivity index (χ1v) is 9.84. The fourth-order valence-corrected chi connectivity index (χ4v) is 7.34. The molecule has 4 rings (SSSR count). The highest BCUT2D eigenvalue weighted by Gasteiger charge is 2.57. The van der Waals surface area contributed by atoms with Gasteiger partial charge in [-0.25, -0.2) is 4.39 Å². The van der Waals surface area contributed by atoms with Gasteiger partial charge in [-0.05, 0) is 92.8 Å². The summed E-state index contributed by atoms with van der Waals surface area (Å²) in [5, 5.41) is 0. The van der Waals surface area contributed by atoms with Gasteiger partial charge in [0.2, 0.25) is 0 Å². The molecule has 0 amide bonds. The predicted octanol–water partition coefficient (Wildman–Crippen LogP) is 6.17. The van der Waals surface area contributed by atoms with E-state index in [2.05, 4.69) is 26.8 Å². The van der Waals surface area contributed by atoms with E-state index in [9.17, 15) is 0 Å². The summed E-state index contributed by atoms with van der Waals surface area (Å²) in [5.41, 5.74) is 2.09. The third-order valence-corrected chi connectivity index (χ3v) is 8.42. The number of hydrogen-bond donors (Lipinski definition) is 0. The van der Waals surface area contributed by atoms with Crippen LogP contribution in [0.25, 0.3) is 0 Å². The molecule has 0 aromatic rings. The second-order valence-corrected chi connectivity index (χ2v) is 9.24. The number of halogens is 1. The second kappa shape index (κ2) is 5.35. The first-order valence-electron chi connectivity index (χ1n) is 9.84. The molecule has 0 radical (unpaired) electrons. The van der Waals surface area contributed by atoms with Crippen LogP contribution in [0.2, 0.25) is 0 Å². The highest BCUT2D eigenvalue weighted by atomic mass is 19.1. The van der Waals surface area contributed by atoms with Gasteiger partial charge in [0.25, 0.3) is 0 Å². The third kappa shape index (κ3) is 2.06. The average molecular weight is 304 g/mol. The number of allylic oxidation sites excluding steroid dienone is 2. The molecule has 0 saturated heterocycles. The van der Waals surface area contributed by atoms with Crippen LogP contribution in [-0.2, 0) is 0 Å². The van der Waals surface area contributed by atoms with Gasteiger partial charge in [0, 0.05) is 0 Å². The highest BCUT2D eigenvalue weighted by Crippen LogP contribution is 2.64. The smallest absolute Gasteiger partial charge is 0.103 e. The Morgan fingerprint density at radius 2 is 1.77 bits per heavy atom. The van der Waals surface area contributed by atoms with Gasteiger partial charge in [-0.2, -0.15) is 0 Å². The normalized spacial score (nSPS) is 56.4. The van der Waals surface area contributed by atoms with Crippen LogP contribution in [0.1, 0.15) is 72.1 Å². The molecule has 4 saturated carbocycles. The third-order valence-electron chi connectivity index (χ3n) is 8.42. The van der Waals surface area contributed by atoms with Gasteiger partial charge < -0.3 is 0 Å². The zero-order valence-electron chi connectivity index (χ0n) is 14.7. The Morgan fingerprint density at radius 3 is 2.55 bits per heavy atom. The minimum atomic E-state index is -0.508. The molecule has 0 nitrogen and oxygen atoms in total. The van der Waals surface area contributed by atoms with Crippen LogP contribution in [0, 0.1) is 40.9 Å². The summed E-state index contributed by atoms with van der Waals surface area (Å²) in [7, 11) is 0. The molecule has 0 spiro atoms. The molecule has 4 aliphatic carbocycles. The van der Waals surface area contributed by atoms with Crippen LogP contribution in [0.3, 0.4) is 0 Å². The van der Waals surface area contributed by atoms with E-state index in [1.54, 1.807) is 5.57 Å². The molecule has 8 atom stereocenters. The minimum Gasteiger partial charge on any atom is -0.247 e. The van der Waals surface area contributed by atoms with Gasteiger partial charge in [-0.1, -0.05) is 31.9 Å². The number of hydrogen-bond acceptors (Lipinski definition) is 0. The molecule has 124 valence electrons. The summed E-state index contributed by atoms with van der Waals surface area (Å²) in [6, 6.07) is 0. The van der Waals surface area contributed by atoms with Gasteiger partial charge >= 0.3 is 0 Å². The first kappa shape index (κ1) is 15.2. The summed E-state index contributed by atoms with van der Waals surface area (Å²) in [5.74, 6) is 4.17. The zero-order valence-corrected chi connectivity index (χ0v) is 14.7. The van der Waals surface area contributed by atoms with E-state index in [-0.39, 0.29) is 0 Å². The fraction of sp³-hybridized carbons (Fsp3) is 0.905. The van der Waals surface area contributed by atoms with Gasteiger partial charge in [0.05, 0.1) is 0 Å². The fourth-order valence-electron chi connectivity index (χ4n) is 7.34. The molecule has 0 heterocycles. The van der Waals surface area contributed by atoms with E-state index in [4.69, 9.17) is 0 Å². The molecule has 0 aromatic heterocycles. The summed E-state index contributed by atoms with van der Waals surface area (Å²) in [4.78, 5) is 0. The van der Waals surface area contributed by atoms with Crippen molar-refractivity contribution in [3.8, 4) is 0 Å². The van der Waals surface area contributed by atoms with E-state index >= 15 is 4.39 Å². The lowest BCUT2D eigenvalue weighted by Crippen LogP contribution is -2.51. The van der Waals surface area contributed by atoms with E-state index in [1.807, 2.05) is 0 Å². The molecular weight excluding hydrogens is 271 g/mol. The highest BCUT2D eigenvalue weighted by molar-refractivity contribution is 5.23. The Balaban J connectivity index is 1.62. The van der Waals surface area contributed by atoms with Crippen molar-refractivity contribution in [2.24, 2.45) is 40.9 Å². The summed E-state index contributed by atoms with van der Waals surface area (Å²) >= 11 is 0. The molecule has 1 heteroatoms. The second-order valence-electron chi connectivity index (χ2n) is 9.24. The maximum atomic E-state index is 15.0. The lowest BCUT2D eigenvalue weighted by Gasteiger charge is -2.56. The topological polar surface area (TPSA) is 0 Å². The van der Waals surface area contributed by atoms with Crippen LogP contribution in [0.15, 0.2) is 11.6 Å². The molecule has 0 aromatic carbocycles. The van der Waals surface area contributed by atoms with Crippen LogP contribution >= 0.6 is 0 Å². The lowest BCUT2D eigenvalue weighted by atomic mass is 9.49. The van der Waals surface area contributed by atoms with Crippen molar-refractivity contribution < 1.29 is 4.39 Å².